The zero-order valence-electron chi connectivity index (χ0n) is 15.0. The van der Waals surface area contributed by atoms with Crippen molar-refractivity contribution in [2.24, 2.45) is 5.92 Å². The summed E-state index contributed by atoms with van der Waals surface area (Å²) in [6.07, 6.45) is -0.421. The highest BCUT2D eigenvalue weighted by atomic mass is 28.4. The summed E-state index contributed by atoms with van der Waals surface area (Å²) < 4.78 is 16.4. The van der Waals surface area contributed by atoms with Crippen LogP contribution < -0.4 is 0 Å². The van der Waals surface area contributed by atoms with Crippen LogP contribution in [0.15, 0.2) is 30.3 Å². The third-order valence-electron chi connectivity index (χ3n) is 4.84. The van der Waals surface area contributed by atoms with Crippen LogP contribution in [-0.2, 0) is 18.7 Å². The van der Waals surface area contributed by atoms with Crippen molar-refractivity contribution in [1.82, 2.24) is 0 Å². The van der Waals surface area contributed by atoms with Gasteiger partial charge in [0.15, 0.2) is 14.4 Å². The Morgan fingerprint density at radius 3 is 2.33 bits per heavy atom. The molecule has 0 bridgehead atoms. The van der Waals surface area contributed by atoms with E-state index in [1.807, 2.05) is 6.07 Å². The minimum atomic E-state index is -1.92. The number of carbonyl (C=O) groups is 2. The molecule has 0 aliphatic carbocycles. The maximum atomic E-state index is 11.9. The fourth-order valence-electron chi connectivity index (χ4n) is 2.05. The Kier molecular flexibility index (Phi) is 5.50. The smallest absolute Gasteiger partial charge is 0.338 e. The van der Waals surface area contributed by atoms with E-state index < -0.39 is 20.4 Å². The molecule has 0 aromatic heterocycles. The van der Waals surface area contributed by atoms with Gasteiger partial charge in [-0.3, -0.25) is 4.79 Å². The lowest BCUT2D eigenvalue weighted by Crippen LogP contribution is -2.53. The van der Waals surface area contributed by atoms with Crippen LogP contribution in [0.2, 0.25) is 18.1 Å². The highest BCUT2D eigenvalue weighted by molar-refractivity contribution is 6.74. The lowest BCUT2D eigenvalue weighted by molar-refractivity contribution is -0.192. The molecule has 1 aromatic rings. The molecule has 6 heteroatoms. The van der Waals surface area contributed by atoms with E-state index in [0.29, 0.717) is 12.2 Å². The Labute approximate surface area is 144 Å². The van der Waals surface area contributed by atoms with E-state index in [2.05, 4.69) is 33.9 Å². The number of carbonyl (C=O) groups excluding carboxylic acids is 2. The third kappa shape index (κ3) is 4.24. The molecule has 132 valence electrons. The monoisotopic (exact) mass is 350 g/mol. The minimum Gasteiger partial charge on any atom is -0.458 e. The SMILES string of the molecule is CC(C)(C)[Si](C)(C)OC[C@H]1C(=O)O[C@@H]1COC(=O)c1ccccc1. The van der Waals surface area contributed by atoms with Crippen LogP contribution >= 0.6 is 0 Å². The average molecular weight is 350 g/mol. The average Bonchev–Trinajstić information content (AvgIpc) is 2.50. The molecule has 1 aromatic carbocycles. The maximum Gasteiger partial charge on any atom is 0.338 e. The van der Waals surface area contributed by atoms with Crippen molar-refractivity contribution >= 4 is 20.3 Å². The number of esters is 2. The summed E-state index contributed by atoms with van der Waals surface area (Å²) in [7, 11) is -1.92. The van der Waals surface area contributed by atoms with E-state index in [1.54, 1.807) is 24.3 Å². The summed E-state index contributed by atoms with van der Waals surface area (Å²) in [5, 5.41) is 0.0793. The molecule has 1 aliphatic rings. The van der Waals surface area contributed by atoms with Gasteiger partial charge in [0.1, 0.15) is 12.5 Å². The highest BCUT2D eigenvalue weighted by Gasteiger charge is 2.46. The van der Waals surface area contributed by atoms with Crippen molar-refractivity contribution in [1.29, 1.82) is 0 Å². The van der Waals surface area contributed by atoms with E-state index in [4.69, 9.17) is 13.9 Å². The van der Waals surface area contributed by atoms with Crippen molar-refractivity contribution in [2.75, 3.05) is 13.2 Å². The number of cyclic esters (lactones) is 1. The first-order valence-corrected chi connectivity index (χ1v) is 11.1. The van der Waals surface area contributed by atoms with Crippen molar-refractivity contribution in [3.63, 3.8) is 0 Å². The minimum absolute atomic E-state index is 0.0605. The van der Waals surface area contributed by atoms with Crippen molar-refractivity contribution < 1.29 is 23.5 Å². The molecule has 0 saturated carbocycles. The lowest BCUT2D eigenvalue weighted by atomic mass is 9.99. The molecule has 1 aliphatic heterocycles. The van der Waals surface area contributed by atoms with E-state index in [-0.39, 0.29) is 23.5 Å². The zero-order valence-corrected chi connectivity index (χ0v) is 16.0. The summed E-state index contributed by atoms with van der Waals surface area (Å²) in [6, 6.07) is 8.75. The molecule has 2 atom stereocenters. The summed E-state index contributed by atoms with van der Waals surface area (Å²) in [5.41, 5.74) is 0.484. The Morgan fingerprint density at radius 2 is 1.79 bits per heavy atom. The van der Waals surface area contributed by atoms with Crippen LogP contribution in [0, 0.1) is 5.92 Å². The van der Waals surface area contributed by atoms with E-state index >= 15 is 0 Å². The topological polar surface area (TPSA) is 61.8 Å². The fraction of sp³-hybridized carbons (Fsp3) is 0.556. The first-order chi connectivity index (χ1) is 11.1. The second-order valence-electron chi connectivity index (χ2n) is 7.62. The van der Waals surface area contributed by atoms with Crippen molar-refractivity contribution in [2.45, 2.75) is 45.0 Å². The van der Waals surface area contributed by atoms with Gasteiger partial charge in [0.05, 0.1) is 12.2 Å². The summed E-state index contributed by atoms with van der Waals surface area (Å²) in [6.45, 7) is 11.1. The predicted octanol–water partition coefficient (Wildman–Crippen LogP) is 3.41. The van der Waals surface area contributed by atoms with E-state index in [9.17, 15) is 9.59 Å². The Morgan fingerprint density at radius 1 is 1.17 bits per heavy atom. The van der Waals surface area contributed by atoms with Crippen LogP contribution in [0.4, 0.5) is 0 Å². The summed E-state index contributed by atoms with van der Waals surface area (Å²) in [4.78, 5) is 23.6. The van der Waals surface area contributed by atoms with Gasteiger partial charge in [-0.15, -0.1) is 0 Å². The van der Waals surface area contributed by atoms with E-state index in [0.717, 1.165) is 0 Å². The maximum absolute atomic E-state index is 11.9. The number of hydrogen-bond donors (Lipinski definition) is 0. The number of rotatable bonds is 6. The first-order valence-electron chi connectivity index (χ1n) is 8.18. The Bertz CT molecular complexity index is 591. The molecule has 1 saturated heterocycles. The van der Waals surface area contributed by atoms with Crippen LogP contribution in [0.3, 0.4) is 0 Å². The molecule has 1 heterocycles. The van der Waals surface area contributed by atoms with Gasteiger partial charge in [-0.05, 0) is 30.3 Å². The molecular formula is C18H26O5Si. The van der Waals surface area contributed by atoms with Gasteiger partial charge < -0.3 is 13.9 Å². The van der Waals surface area contributed by atoms with Gasteiger partial charge in [-0.25, -0.2) is 4.79 Å². The standard InChI is InChI=1S/C18H26O5Si/c1-18(2,3)24(4,5)22-11-14-15(23-17(14)20)12-21-16(19)13-9-7-6-8-10-13/h6-10,14-15H,11-12H2,1-5H3/t14-,15-/m1/s1. The molecular weight excluding hydrogens is 324 g/mol. The van der Waals surface area contributed by atoms with Gasteiger partial charge in [-0.2, -0.15) is 0 Å². The van der Waals surface area contributed by atoms with Crippen LogP contribution in [-0.4, -0.2) is 39.6 Å². The van der Waals surface area contributed by atoms with Gasteiger partial charge in [0, 0.05) is 0 Å². The summed E-state index contributed by atoms with van der Waals surface area (Å²) in [5.74, 6) is -1.06. The van der Waals surface area contributed by atoms with Crippen molar-refractivity contribution in [3.05, 3.63) is 35.9 Å². The molecule has 2 rings (SSSR count). The van der Waals surface area contributed by atoms with Gasteiger partial charge in [0.25, 0.3) is 0 Å². The van der Waals surface area contributed by atoms with Crippen LogP contribution in [0.1, 0.15) is 31.1 Å². The van der Waals surface area contributed by atoms with Gasteiger partial charge >= 0.3 is 11.9 Å². The highest BCUT2D eigenvalue weighted by Crippen LogP contribution is 2.37. The molecule has 1 fully saturated rings. The van der Waals surface area contributed by atoms with E-state index in [1.165, 1.54) is 0 Å². The first kappa shape index (κ1) is 18.7. The molecule has 0 spiro atoms. The number of hydrogen-bond acceptors (Lipinski definition) is 5. The molecule has 0 radical (unpaired) electrons. The van der Waals surface area contributed by atoms with Crippen LogP contribution in [0.5, 0.6) is 0 Å². The quantitative estimate of drug-likeness (QED) is 0.581. The molecule has 0 unspecified atom stereocenters. The zero-order chi connectivity index (χ0) is 18.0. The number of benzene rings is 1. The van der Waals surface area contributed by atoms with Crippen LogP contribution in [0.25, 0.3) is 0 Å². The molecule has 0 amide bonds. The predicted molar refractivity (Wildman–Crippen MR) is 93.2 cm³/mol. The second-order valence-corrected chi connectivity index (χ2v) is 12.4. The second kappa shape index (κ2) is 7.07. The largest absolute Gasteiger partial charge is 0.458 e. The van der Waals surface area contributed by atoms with Gasteiger partial charge in [-0.1, -0.05) is 39.0 Å². The Balaban J connectivity index is 1.84. The Hall–Kier alpha value is -1.66. The number of ether oxygens (including phenoxy) is 2. The third-order valence-corrected chi connectivity index (χ3v) is 9.34. The summed E-state index contributed by atoms with van der Waals surface area (Å²) >= 11 is 0. The van der Waals surface area contributed by atoms with Crippen molar-refractivity contribution in [3.8, 4) is 0 Å². The molecule has 5 nitrogen and oxygen atoms in total. The lowest BCUT2D eigenvalue weighted by Gasteiger charge is -2.40. The molecule has 24 heavy (non-hydrogen) atoms. The fourth-order valence-corrected chi connectivity index (χ4v) is 3.08. The normalized spacial score (nSPS) is 21.0. The van der Waals surface area contributed by atoms with Gasteiger partial charge in [0.2, 0.25) is 0 Å². The molecule has 0 N–H and O–H groups in total.